The van der Waals surface area contributed by atoms with Gasteiger partial charge < -0.3 is 4.90 Å². The maximum Gasteiger partial charge on any atom is 0.191 e. The van der Waals surface area contributed by atoms with Crippen LogP contribution >= 0.6 is 22.7 Å². The number of hydrogen-bond donors (Lipinski definition) is 0. The van der Waals surface area contributed by atoms with Gasteiger partial charge in [0.2, 0.25) is 0 Å². The Morgan fingerprint density at radius 1 is 0.677 bits per heavy atom. The average molecular weight is 441 g/mol. The van der Waals surface area contributed by atoms with Gasteiger partial charge in [-0.2, -0.15) is 0 Å². The Balaban J connectivity index is 1.63. The number of thiazole rings is 2. The second-order valence-corrected chi connectivity index (χ2v) is 8.80. The van der Waals surface area contributed by atoms with Gasteiger partial charge in [0.15, 0.2) is 10.3 Å². The standard InChI is InChI=1S/C23H16N6S2/c1-28-22-26-20(13-30-22)15-7-18(11-24-9-15)29(17-5-3-2-4-6-17)19-8-16(10-25-12-19)21-14-31-23(28)27-21/h2-14H,1H3. The van der Waals surface area contributed by atoms with E-state index in [1.54, 1.807) is 22.7 Å². The third-order valence-corrected chi connectivity index (χ3v) is 6.96. The summed E-state index contributed by atoms with van der Waals surface area (Å²) in [4.78, 5) is 23.0. The van der Waals surface area contributed by atoms with Crippen molar-refractivity contribution < 1.29 is 0 Å². The van der Waals surface area contributed by atoms with Crippen molar-refractivity contribution in [2.45, 2.75) is 0 Å². The summed E-state index contributed by atoms with van der Waals surface area (Å²) >= 11 is 3.20. The van der Waals surface area contributed by atoms with Gasteiger partial charge in [-0.05, 0) is 24.3 Å². The van der Waals surface area contributed by atoms with Crippen LogP contribution in [0, 0.1) is 0 Å². The van der Waals surface area contributed by atoms with Gasteiger partial charge in [0, 0.05) is 47.0 Å². The van der Waals surface area contributed by atoms with Crippen LogP contribution in [-0.2, 0) is 0 Å². The molecule has 6 nitrogen and oxygen atoms in total. The van der Waals surface area contributed by atoms with Crippen LogP contribution in [0.3, 0.4) is 0 Å². The minimum atomic E-state index is 0.894. The molecular weight excluding hydrogens is 424 g/mol. The molecule has 0 saturated heterocycles. The molecule has 4 aromatic heterocycles. The first kappa shape index (κ1) is 18.2. The van der Waals surface area contributed by atoms with E-state index in [-0.39, 0.29) is 0 Å². The molecule has 0 radical (unpaired) electrons. The van der Waals surface area contributed by atoms with E-state index in [1.807, 2.05) is 54.9 Å². The molecule has 0 atom stereocenters. The Morgan fingerprint density at radius 3 is 1.77 bits per heavy atom. The van der Waals surface area contributed by atoms with Crippen LogP contribution in [0.1, 0.15) is 0 Å². The molecule has 5 heterocycles. The fourth-order valence-electron chi connectivity index (χ4n) is 3.59. The highest BCUT2D eigenvalue weighted by atomic mass is 32.1. The predicted molar refractivity (Wildman–Crippen MR) is 127 cm³/mol. The molecule has 31 heavy (non-hydrogen) atoms. The van der Waals surface area contributed by atoms with E-state index in [4.69, 9.17) is 9.97 Å². The second-order valence-electron chi connectivity index (χ2n) is 7.12. The van der Waals surface area contributed by atoms with Crippen LogP contribution in [0.25, 0.3) is 22.5 Å². The van der Waals surface area contributed by atoms with Crippen molar-refractivity contribution in [2.75, 3.05) is 16.8 Å². The van der Waals surface area contributed by atoms with Crippen molar-refractivity contribution in [1.82, 2.24) is 19.9 Å². The molecule has 0 unspecified atom stereocenters. The first-order valence-electron chi connectivity index (χ1n) is 9.67. The Hall–Kier alpha value is -3.62. The van der Waals surface area contributed by atoms with E-state index < -0.39 is 0 Å². The fraction of sp³-hybridized carbons (Fsp3) is 0.0435. The Labute approximate surface area is 187 Å². The third kappa shape index (κ3) is 3.17. The smallest absolute Gasteiger partial charge is 0.191 e. The molecular formula is C23H16N6S2. The van der Waals surface area contributed by atoms with Gasteiger partial charge in [0.25, 0.3) is 0 Å². The fourth-order valence-corrected chi connectivity index (χ4v) is 5.25. The lowest BCUT2D eigenvalue weighted by molar-refractivity contribution is 1.14. The Morgan fingerprint density at radius 2 is 1.23 bits per heavy atom. The number of fused-ring (bicyclic) bond motifs is 10. The van der Waals surface area contributed by atoms with Gasteiger partial charge in [0.1, 0.15) is 0 Å². The molecule has 0 N–H and O–H groups in total. The number of rotatable bonds is 1. The van der Waals surface area contributed by atoms with Gasteiger partial charge in [-0.25, -0.2) is 9.97 Å². The summed E-state index contributed by atoms with van der Waals surface area (Å²) in [5, 5.41) is 5.92. The van der Waals surface area contributed by atoms with Crippen LogP contribution in [0.15, 0.2) is 78.0 Å². The van der Waals surface area contributed by atoms with Gasteiger partial charge in [0.05, 0.1) is 35.2 Å². The summed E-state index contributed by atoms with van der Waals surface area (Å²) in [5.41, 5.74) is 6.66. The molecule has 1 aromatic carbocycles. The number of para-hydroxylation sites is 1. The van der Waals surface area contributed by atoms with Crippen LogP contribution in [0.4, 0.5) is 27.3 Å². The lowest BCUT2D eigenvalue weighted by Crippen LogP contribution is -2.11. The van der Waals surface area contributed by atoms with Crippen LogP contribution in [-0.4, -0.2) is 27.0 Å². The summed E-state index contributed by atoms with van der Waals surface area (Å²) in [6.07, 6.45) is 7.45. The number of hydrogen-bond acceptors (Lipinski definition) is 8. The van der Waals surface area contributed by atoms with Crippen molar-refractivity contribution in [1.29, 1.82) is 0 Å². The monoisotopic (exact) mass is 440 g/mol. The maximum atomic E-state index is 4.85. The summed E-state index contributed by atoms with van der Waals surface area (Å²) < 4.78 is 0. The first-order chi connectivity index (χ1) is 15.3. The van der Waals surface area contributed by atoms with Crippen LogP contribution in [0.5, 0.6) is 0 Å². The van der Waals surface area contributed by atoms with Crippen molar-refractivity contribution >= 4 is 50.0 Å². The minimum absolute atomic E-state index is 0.894. The Kier molecular flexibility index (Phi) is 4.26. The highest BCUT2D eigenvalue weighted by Crippen LogP contribution is 2.39. The number of benzene rings is 1. The van der Waals surface area contributed by atoms with Gasteiger partial charge in [-0.3, -0.25) is 14.9 Å². The molecule has 6 rings (SSSR count). The van der Waals surface area contributed by atoms with E-state index >= 15 is 0 Å². The number of aromatic nitrogens is 4. The molecule has 150 valence electrons. The van der Waals surface area contributed by atoms with Crippen molar-refractivity contribution in [3.05, 3.63) is 78.0 Å². The quantitative estimate of drug-likeness (QED) is 0.306. The first-order valence-corrected chi connectivity index (χ1v) is 11.4. The molecule has 1 aliphatic rings. The van der Waals surface area contributed by atoms with E-state index in [0.29, 0.717) is 0 Å². The third-order valence-electron chi connectivity index (χ3n) is 5.13. The van der Waals surface area contributed by atoms with E-state index in [2.05, 4.69) is 49.9 Å². The molecule has 0 amide bonds. The van der Waals surface area contributed by atoms with E-state index in [9.17, 15) is 0 Å². The number of anilines is 5. The highest BCUT2D eigenvalue weighted by molar-refractivity contribution is 7.16. The van der Waals surface area contributed by atoms with Crippen molar-refractivity contribution in [3.63, 3.8) is 0 Å². The minimum Gasteiger partial charge on any atom is -0.307 e. The molecule has 8 bridgehead atoms. The lowest BCUT2D eigenvalue weighted by atomic mass is 10.1. The van der Waals surface area contributed by atoms with Crippen LogP contribution < -0.4 is 9.80 Å². The van der Waals surface area contributed by atoms with E-state index in [1.165, 1.54) is 0 Å². The van der Waals surface area contributed by atoms with E-state index in [0.717, 1.165) is 49.8 Å². The lowest BCUT2D eigenvalue weighted by Gasteiger charge is -2.25. The summed E-state index contributed by atoms with van der Waals surface area (Å²) in [6.45, 7) is 0. The predicted octanol–water partition coefficient (Wildman–Crippen LogP) is 6.27. The zero-order valence-corrected chi connectivity index (χ0v) is 18.1. The van der Waals surface area contributed by atoms with Gasteiger partial charge in [-0.15, -0.1) is 22.7 Å². The highest BCUT2D eigenvalue weighted by Gasteiger charge is 2.19. The molecule has 5 aromatic rings. The topological polar surface area (TPSA) is 58.0 Å². The van der Waals surface area contributed by atoms with Gasteiger partial charge in [-0.1, -0.05) is 18.2 Å². The largest absolute Gasteiger partial charge is 0.307 e. The SMILES string of the molecule is CN1c2nc(cs2)-c2cncc(c2)N(c2ccccc2)c2cncc(c2)-c2csc1n2. The van der Waals surface area contributed by atoms with Gasteiger partial charge >= 0.3 is 0 Å². The second kappa shape index (κ2) is 7.26. The average Bonchev–Trinajstić information content (AvgIpc) is 3.50. The maximum absolute atomic E-state index is 4.85. The van der Waals surface area contributed by atoms with Crippen molar-refractivity contribution in [3.8, 4) is 22.5 Å². The summed E-state index contributed by atoms with van der Waals surface area (Å²) in [5.74, 6) is 0. The summed E-state index contributed by atoms with van der Waals surface area (Å²) in [7, 11) is 2.00. The van der Waals surface area contributed by atoms with Crippen LogP contribution in [0.2, 0.25) is 0 Å². The zero-order chi connectivity index (χ0) is 20.8. The molecule has 8 heteroatoms. The summed E-state index contributed by atoms with van der Waals surface area (Å²) in [6, 6.07) is 14.5. The van der Waals surface area contributed by atoms with Crippen molar-refractivity contribution in [2.24, 2.45) is 0 Å². The Bertz CT molecular complexity index is 1290. The number of pyridine rings is 2. The molecule has 0 aliphatic carbocycles. The molecule has 0 spiro atoms. The molecule has 1 aliphatic heterocycles. The molecule has 0 saturated carbocycles. The zero-order valence-electron chi connectivity index (χ0n) is 16.5. The molecule has 0 fully saturated rings. The number of nitrogens with zero attached hydrogens (tertiary/aromatic N) is 6. The normalized spacial score (nSPS) is 12.5.